The molecule has 1 spiro atoms. The average molecular weight is 604 g/mol. The van der Waals surface area contributed by atoms with Gasteiger partial charge < -0.3 is 25.8 Å². The van der Waals surface area contributed by atoms with Gasteiger partial charge in [-0.15, -0.1) is 0 Å². The summed E-state index contributed by atoms with van der Waals surface area (Å²) in [6, 6.07) is 23.9. The first-order chi connectivity index (χ1) is 21.1. The van der Waals surface area contributed by atoms with Crippen molar-refractivity contribution >= 4 is 17.7 Å². The smallest absolute Gasteiger partial charge is 0.429 e. The highest BCUT2D eigenvalue weighted by molar-refractivity contribution is 5.75. The van der Waals surface area contributed by atoms with Gasteiger partial charge in [0.1, 0.15) is 11.9 Å². The number of alkyl halides is 3. The van der Waals surface area contributed by atoms with E-state index in [-0.39, 0.29) is 22.8 Å². The van der Waals surface area contributed by atoms with Crippen LogP contribution in [-0.2, 0) is 4.79 Å². The van der Waals surface area contributed by atoms with Crippen LogP contribution in [0.25, 0.3) is 22.3 Å². The molecule has 6 rings (SSSR count). The Bertz CT molecular complexity index is 1630. The minimum absolute atomic E-state index is 0.0505. The second kappa shape index (κ2) is 11.8. The highest BCUT2D eigenvalue weighted by Gasteiger charge is 2.46. The van der Waals surface area contributed by atoms with E-state index in [2.05, 4.69) is 15.3 Å². The number of anilines is 2. The van der Waals surface area contributed by atoms with Crippen LogP contribution in [0, 0.1) is 5.41 Å². The lowest BCUT2D eigenvalue weighted by Crippen LogP contribution is -2.41. The van der Waals surface area contributed by atoms with Gasteiger partial charge >= 0.3 is 12.1 Å². The minimum Gasteiger partial charge on any atom is -0.480 e. The van der Waals surface area contributed by atoms with Crippen LogP contribution in [-0.4, -0.2) is 52.9 Å². The number of halogens is 3. The molecule has 4 N–H and O–H groups in total. The fourth-order valence-corrected chi connectivity index (χ4v) is 6.23. The Hall–Kier alpha value is -4.64. The number of nitrogens with one attached hydrogen (secondary N) is 1. The van der Waals surface area contributed by atoms with E-state index in [1.54, 1.807) is 42.5 Å². The Balaban J connectivity index is 1.32. The van der Waals surface area contributed by atoms with Crippen LogP contribution in [0.15, 0.2) is 84.9 Å². The molecule has 44 heavy (non-hydrogen) atoms. The van der Waals surface area contributed by atoms with Crippen molar-refractivity contribution in [3.05, 3.63) is 90.5 Å². The quantitative estimate of drug-likeness (QED) is 0.232. The summed E-state index contributed by atoms with van der Waals surface area (Å²) in [6.07, 6.45) is -5.17. The molecular weight excluding hydrogens is 571 g/mol. The largest absolute Gasteiger partial charge is 0.480 e. The molecule has 0 radical (unpaired) electrons. The number of aliphatic carboxylic acids is 1. The van der Waals surface area contributed by atoms with Crippen LogP contribution in [0.1, 0.15) is 30.9 Å². The molecule has 2 saturated heterocycles. The fraction of sp³-hybridized carbons (Fsp3) is 0.303. The van der Waals surface area contributed by atoms with Gasteiger partial charge in [0, 0.05) is 31.3 Å². The van der Waals surface area contributed by atoms with E-state index in [9.17, 15) is 23.1 Å². The summed E-state index contributed by atoms with van der Waals surface area (Å²) in [5, 5.41) is 12.5. The lowest BCUT2D eigenvalue weighted by Gasteiger charge is -2.39. The third-order valence-electron chi connectivity index (χ3n) is 8.58. The van der Waals surface area contributed by atoms with Gasteiger partial charge in [-0.1, -0.05) is 72.8 Å². The van der Waals surface area contributed by atoms with Crippen molar-refractivity contribution in [3.8, 4) is 28.1 Å². The number of carboxylic acids is 1. The van der Waals surface area contributed by atoms with Crippen molar-refractivity contribution in [2.45, 2.75) is 37.6 Å². The third-order valence-corrected chi connectivity index (χ3v) is 8.58. The molecule has 3 heterocycles. The standard InChI is InChI=1S/C33H32F3N5O3/c34-33(35,36)29(25-17-23(21-7-3-1-4-8-21)11-12-24(25)22-9-5-2-6-10-22)44-28-18-27(39-31(37)40-28)41-15-13-32(14-16-41)19-26(30(42)43)38-20-32/h1-12,17-18,26,29,38H,13-16,19-20H2,(H,42,43)(H2,37,39,40). The van der Waals surface area contributed by atoms with Crippen molar-refractivity contribution in [2.24, 2.45) is 5.41 Å². The number of carboxylic acid groups (broad SMARTS) is 1. The number of nitrogen functional groups attached to an aromatic ring is 1. The lowest BCUT2D eigenvalue weighted by molar-refractivity contribution is -0.198. The molecule has 228 valence electrons. The summed E-state index contributed by atoms with van der Waals surface area (Å²) < 4.78 is 50.3. The number of benzene rings is 3. The molecule has 0 bridgehead atoms. The zero-order valence-electron chi connectivity index (χ0n) is 23.8. The number of hydrogen-bond acceptors (Lipinski definition) is 7. The number of hydrogen-bond donors (Lipinski definition) is 3. The number of ether oxygens (including phenoxy) is 1. The van der Waals surface area contributed by atoms with Gasteiger partial charge in [0.05, 0.1) is 0 Å². The molecule has 4 aromatic rings. The van der Waals surface area contributed by atoms with E-state index in [1.807, 2.05) is 35.2 Å². The van der Waals surface area contributed by atoms with Crippen LogP contribution in [0.4, 0.5) is 24.9 Å². The maximum atomic E-state index is 14.9. The molecule has 2 unspecified atom stereocenters. The zero-order chi connectivity index (χ0) is 30.9. The van der Waals surface area contributed by atoms with Crippen LogP contribution in [0.5, 0.6) is 5.88 Å². The normalized spacial score (nSPS) is 18.7. The minimum atomic E-state index is -4.79. The van der Waals surface area contributed by atoms with Crippen molar-refractivity contribution in [2.75, 3.05) is 30.3 Å². The van der Waals surface area contributed by atoms with Crippen LogP contribution < -0.4 is 20.7 Å². The van der Waals surface area contributed by atoms with Crippen molar-refractivity contribution in [1.29, 1.82) is 0 Å². The van der Waals surface area contributed by atoms with Crippen LogP contribution in [0.3, 0.4) is 0 Å². The molecule has 1 aromatic heterocycles. The number of aromatic nitrogens is 2. The predicted octanol–water partition coefficient (Wildman–Crippen LogP) is 6.11. The molecule has 11 heteroatoms. The maximum Gasteiger partial charge on any atom is 0.429 e. The van der Waals surface area contributed by atoms with Gasteiger partial charge in [-0.25, -0.2) is 0 Å². The fourth-order valence-electron chi connectivity index (χ4n) is 6.23. The first-order valence-electron chi connectivity index (χ1n) is 14.4. The van der Waals surface area contributed by atoms with E-state index in [1.165, 1.54) is 12.1 Å². The molecule has 0 saturated carbocycles. The molecule has 2 fully saturated rings. The number of nitrogens with two attached hydrogens (primary N) is 1. The summed E-state index contributed by atoms with van der Waals surface area (Å²) in [6.45, 7) is 1.70. The molecule has 0 amide bonds. The molecule has 3 aromatic carbocycles. The Morgan fingerprint density at radius 2 is 1.61 bits per heavy atom. The van der Waals surface area contributed by atoms with E-state index in [4.69, 9.17) is 10.5 Å². The SMILES string of the molecule is Nc1nc(OC(c2cc(-c3ccccc3)ccc2-c2ccccc2)C(F)(F)F)cc(N2CCC3(CC2)CNC(C(=O)O)C3)n1. The predicted molar refractivity (Wildman–Crippen MR) is 161 cm³/mol. The van der Waals surface area contributed by atoms with E-state index < -0.39 is 24.3 Å². The molecular formula is C33H32F3N5O3. The van der Waals surface area contributed by atoms with Gasteiger partial charge in [-0.2, -0.15) is 23.1 Å². The van der Waals surface area contributed by atoms with E-state index >= 15 is 0 Å². The first kappa shape index (κ1) is 29.4. The number of piperidine rings is 1. The highest BCUT2D eigenvalue weighted by atomic mass is 19.4. The topological polar surface area (TPSA) is 114 Å². The van der Waals surface area contributed by atoms with Gasteiger partial charge in [-0.05, 0) is 53.0 Å². The average Bonchev–Trinajstić information content (AvgIpc) is 3.44. The van der Waals surface area contributed by atoms with Gasteiger partial charge in [-0.3, -0.25) is 4.79 Å². The second-order valence-corrected chi connectivity index (χ2v) is 11.5. The summed E-state index contributed by atoms with van der Waals surface area (Å²) in [4.78, 5) is 21.7. The molecule has 2 atom stereocenters. The highest BCUT2D eigenvalue weighted by Crippen LogP contribution is 2.44. The van der Waals surface area contributed by atoms with E-state index in [0.717, 1.165) is 5.56 Å². The third kappa shape index (κ3) is 6.19. The Kier molecular flexibility index (Phi) is 7.89. The maximum absolute atomic E-state index is 14.9. The second-order valence-electron chi connectivity index (χ2n) is 11.5. The van der Waals surface area contributed by atoms with Crippen LogP contribution in [0.2, 0.25) is 0 Å². The number of rotatable bonds is 7. The number of carbonyl (C=O) groups is 1. The first-order valence-corrected chi connectivity index (χ1v) is 14.4. The lowest BCUT2D eigenvalue weighted by atomic mass is 9.76. The summed E-state index contributed by atoms with van der Waals surface area (Å²) in [5.74, 6) is -0.981. The molecule has 2 aliphatic rings. The Morgan fingerprint density at radius 3 is 2.23 bits per heavy atom. The van der Waals surface area contributed by atoms with Crippen molar-refractivity contribution in [1.82, 2.24) is 15.3 Å². The van der Waals surface area contributed by atoms with E-state index in [0.29, 0.717) is 61.4 Å². The number of nitrogens with zero attached hydrogens (tertiary/aromatic N) is 3. The van der Waals surface area contributed by atoms with Crippen molar-refractivity contribution in [3.63, 3.8) is 0 Å². The van der Waals surface area contributed by atoms with Crippen molar-refractivity contribution < 1.29 is 27.8 Å². The monoisotopic (exact) mass is 603 g/mol. The Labute approximate surface area is 252 Å². The van der Waals surface area contributed by atoms with Gasteiger partial charge in [0.15, 0.2) is 0 Å². The summed E-state index contributed by atoms with van der Waals surface area (Å²) >= 11 is 0. The molecule has 0 aliphatic carbocycles. The summed E-state index contributed by atoms with van der Waals surface area (Å²) in [5.41, 5.74) is 8.21. The summed E-state index contributed by atoms with van der Waals surface area (Å²) in [7, 11) is 0. The van der Waals surface area contributed by atoms with Gasteiger partial charge in [0.2, 0.25) is 17.9 Å². The van der Waals surface area contributed by atoms with Gasteiger partial charge in [0.25, 0.3) is 0 Å². The Morgan fingerprint density at radius 1 is 0.955 bits per heavy atom. The van der Waals surface area contributed by atoms with Crippen LogP contribution >= 0.6 is 0 Å². The zero-order valence-corrected chi connectivity index (χ0v) is 23.8. The molecule has 8 nitrogen and oxygen atoms in total. The molecule has 2 aliphatic heterocycles.